The smallest absolute Gasteiger partial charge is 0.260 e. The number of rotatable bonds is 4. The summed E-state index contributed by atoms with van der Waals surface area (Å²) in [7, 11) is 0. The summed E-state index contributed by atoms with van der Waals surface area (Å²) in [6.07, 6.45) is 2.17. The maximum Gasteiger partial charge on any atom is 0.260 e. The van der Waals surface area contributed by atoms with Crippen molar-refractivity contribution >= 4 is 43.1 Å². The average Bonchev–Trinajstić information content (AvgIpc) is 3.45. The number of nitrogens with zero attached hydrogens (tertiary/aromatic N) is 3. The zero-order valence-electron chi connectivity index (χ0n) is 17.5. The van der Waals surface area contributed by atoms with E-state index in [9.17, 15) is 4.79 Å². The van der Waals surface area contributed by atoms with Crippen LogP contribution in [0.25, 0.3) is 31.6 Å². The first-order valence-electron chi connectivity index (χ1n) is 10.9. The summed E-state index contributed by atoms with van der Waals surface area (Å²) in [6.45, 7) is 2.65. The molecule has 0 bridgehead atoms. The van der Waals surface area contributed by atoms with Crippen LogP contribution in [0.5, 0.6) is 0 Å². The van der Waals surface area contributed by atoms with Crippen LogP contribution in [0.1, 0.15) is 29.6 Å². The van der Waals surface area contributed by atoms with Gasteiger partial charge in [0, 0.05) is 16.9 Å². The molecule has 6 rings (SSSR count). The number of piperidine rings is 1. The number of hydrogen-bond acceptors (Lipinski definition) is 6. The quantitative estimate of drug-likeness (QED) is 0.379. The van der Waals surface area contributed by atoms with E-state index < -0.39 is 0 Å². The summed E-state index contributed by atoms with van der Waals surface area (Å²) in [6, 6.07) is 18.4. The monoisotopic (exact) mass is 458 g/mol. The number of benzene rings is 2. The molecule has 1 saturated heterocycles. The van der Waals surface area contributed by atoms with E-state index >= 15 is 0 Å². The minimum atomic E-state index is -0.0468. The fourth-order valence-corrected chi connectivity index (χ4v) is 6.62. The molecule has 7 heteroatoms. The van der Waals surface area contributed by atoms with Gasteiger partial charge in [-0.15, -0.1) is 22.7 Å². The molecule has 2 aromatic carbocycles. The Hall–Kier alpha value is -2.87. The average molecular weight is 459 g/mol. The van der Waals surface area contributed by atoms with Crippen LogP contribution in [0.2, 0.25) is 0 Å². The fourth-order valence-electron chi connectivity index (χ4n) is 4.51. The lowest BCUT2D eigenvalue weighted by atomic mass is 9.97. The topological polar surface area (TPSA) is 61.9 Å². The second-order valence-corrected chi connectivity index (χ2v) is 10.2. The Morgan fingerprint density at radius 3 is 2.59 bits per heavy atom. The largest absolute Gasteiger partial charge is 0.309 e. The van der Waals surface area contributed by atoms with Crippen LogP contribution in [0.4, 0.5) is 0 Å². The van der Waals surface area contributed by atoms with E-state index in [1.807, 2.05) is 47.0 Å². The molecule has 32 heavy (non-hydrogen) atoms. The number of fused-ring (bicyclic) bond motifs is 2. The molecule has 1 aliphatic rings. The van der Waals surface area contributed by atoms with Gasteiger partial charge in [-0.2, -0.15) is 0 Å². The van der Waals surface area contributed by atoms with Crippen molar-refractivity contribution in [3.8, 4) is 11.1 Å². The number of para-hydroxylation sites is 1. The highest BCUT2D eigenvalue weighted by atomic mass is 32.1. The molecule has 160 valence electrons. The molecule has 5 nitrogen and oxygen atoms in total. The second kappa shape index (κ2) is 8.24. The van der Waals surface area contributed by atoms with E-state index in [4.69, 9.17) is 9.97 Å². The molecule has 0 radical (unpaired) electrons. The Labute approximate surface area is 193 Å². The summed E-state index contributed by atoms with van der Waals surface area (Å²) in [5, 5.41) is 3.99. The molecule has 0 aliphatic carbocycles. The van der Waals surface area contributed by atoms with Crippen LogP contribution in [0.15, 0.2) is 64.8 Å². The molecular formula is C25H22N4OS2. The molecule has 1 N–H and O–H groups in total. The zero-order valence-corrected chi connectivity index (χ0v) is 19.1. The predicted octanol–water partition coefficient (Wildman–Crippen LogP) is 5.64. The van der Waals surface area contributed by atoms with Gasteiger partial charge in [0.2, 0.25) is 0 Å². The van der Waals surface area contributed by atoms with Crippen LogP contribution >= 0.6 is 22.7 Å². The molecule has 1 fully saturated rings. The highest BCUT2D eigenvalue weighted by molar-refractivity contribution is 7.18. The number of hydrogen-bond donors (Lipinski definition) is 1. The molecule has 0 unspecified atom stereocenters. The van der Waals surface area contributed by atoms with Gasteiger partial charge in [0.1, 0.15) is 10.7 Å². The summed E-state index contributed by atoms with van der Waals surface area (Å²) in [5.41, 5.74) is 3.07. The number of aromatic amines is 1. The van der Waals surface area contributed by atoms with Gasteiger partial charge in [0.05, 0.1) is 27.2 Å². The van der Waals surface area contributed by atoms with Gasteiger partial charge in [-0.25, -0.2) is 9.97 Å². The van der Waals surface area contributed by atoms with Gasteiger partial charge in [0.15, 0.2) is 0 Å². The third-order valence-corrected chi connectivity index (χ3v) is 8.27. The van der Waals surface area contributed by atoms with Crippen molar-refractivity contribution in [2.75, 3.05) is 13.1 Å². The highest BCUT2D eigenvalue weighted by Gasteiger charge is 2.24. The minimum Gasteiger partial charge on any atom is -0.309 e. The van der Waals surface area contributed by atoms with E-state index in [2.05, 4.69) is 34.1 Å². The van der Waals surface area contributed by atoms with Crippen LogP contribution in [-0.2, 0) is 6.54 Å². The lowest BCUT2D eigenvalue weighted by Gasteiger charge is -2.30. The summed E-state index contributed by atoms with van der Waals surface area (Å²) < 4.78 is 1.27. The SMILES string of the molecule is O=c1[nH]c(CN2CCC(c3nc4ccccc4s3)CC2)nc2scc(-c3ccccc3)c12. The Bertz CT molecular complexity index is 1410. The standard InChI is InChI=1S/C25H22N4OS2/c30-23-22-18(16-6-2-1-3-7-16)15-31-25(22)28-21(27-23)14-29-12-10-17(11-13-29)24-26-19-8-4-5-9-20(19)32-24/h1-9,15,17H,10-14H2,(H,27,28,30). The summed E-state index contributed by atoms with van der Waals surface area (Å²) in [5.74, 6) is 1.27. The summed E-state index contributed by atoms with van der Waals surface area (Å²) >= 11 is 3.37. The van der Waals surface area contributed by atoms with E-state index in [1.54, 1.807) is 11.3 Å². The molecule has 5 aromatic rings. The van der Waals surface area contributed by atoms with Crippen molar-refractivity contribution < 1.29 is 0 Å². The number of H-pyrrole nitrogens is 1. The molecule has 0 spiro atoms. The first-order valence-corrected chi connectivity index (χ1v) is 12.6. The van der Waals surface area contributed by atoms with Crippen molar-refractivity contribution in [2.24, 2.45) is 0 Å². The van der Waals surface area contributed by atoms with Gasteiger partial charge < -0.3 is 4.98 Å². The Morgan fingerprint density at radius 2 is 1.78 bits per heavy atom. The van der Waals surface area contributed by atoms with E-state index in [0.29, 0.717) is 17.8 Å². The van der Waals surface area contributed by atoms with Gasteiger partial charge in [-0.05, 0) is 43.6 Å². The molecule has 0 saturated carbocycles. The fraction of sp³-hybridized carbons (Fsp3) is 0.240. The van der Waals surface area contributed by atoms with E-state index in [1.165, 1.54) is 9.71 Å². The maximum atomic E-state index is 12.9. The Kier molecular flexibility index (Phi) is 5.09. The van der Waals surface area contributed by atoms with Crippen molar-refractivity contribution in [2.45, 2.75) is 25.3 Å². The molecule has 1 aliphatic heterocycles. The molecule has 4 heterocycles. The first-order chi connectivity index (χ1) is 15.7. The van der Waals surface area contributed by atoms with Gasteiger partial charge >= 0.3 is 0 Å². The lowest BCUT2D eigenvalue weighted by Crippen LogP contribution is -2.33. The molecule has 0 atom stereocenters. The highest BCUT2D eigenvalue weighted by Crippen LogP contribution is 2.34. The number of nitrogens with one attached hydrogen (secondary N) is 1. The van der Waals surface area contributed by atoms with Gasteiger partial charge in [-0.3, -0.25) is 9.69 Å². The van der Waals surface area contributed by atoms with Crippen molar-refractivity contribution in [3.63, 3.8) is 0 Å². The molecule has 0 amide bonds. The minimum absolute atomic E-state index is 0.0468. The number of thiazole rings is 1. The normalized spacial score (nSPS) is 15.6. The van der Waals surface area contributed by atoms with Crippen molar-refractivity contribution in [1.82, 2.24) is 19.9 Å². The van der Waals surface area contributed by atoms with Gasteiger partial charge in [0.25, 0.3) is 5.56 Å². The number of likely N-dealkylation sites (tertiary alicyclic amines) is 1. The third-order valence-electron chi connectivity index (χ3n) is 6.20. The zero-order chi connectivity index (χ0) is 21.5. The molecular weight excluding hydrogens is 436 g/mol. The van der Waals surface area contributed by atoms with Crippen LogP contribution in [-0.4, -0.2) is 32.9 Å². The van der Waals surface area contributed by atoms with Crippen LogP contribution in [0, 0.1) is 0 Å². The first kappa shape index (κ1) is 19.8. The molecule has 3 aromatic heterocycles. The Morgan fingerprint density at radius 1 is 1.00 bits per heavy atom. The predicted molar refractivity (Wildman–Crippen MR) is 133 cm³/mol. The Balaban J connectivity index is 1.18. The number of thiophene rings is 1. The lowest BCUT2D eigenvalue weighted by molar-refractivity contribution is 0.200. The number of aromatic nitrogens is 3. The van der Waals surface area contributed by atoms with Crippen LogP contribution in [0.3, 0.4) is 0 Å². The van der Waals surface area contributed by atoms with Crippen molar-refractivity contribution in [3.05, 3.63) is 81.2 Å². The van der Waals surface area contributed by atoms with Gasteiger partial charge in [-0.1, -0.05) is 42.5 Å². The van der Waals surface area contributed by atoms with E-state index in [-0.39, 0.29) is 5.56 Å². The summed E-state index contributed by atoms with van der Waals surface area (Å²) in [4.78, 5) is 28.8. The maximum absolute atomic E-state index is 12.9. The second-order valence-electron chi connectivity index (χ2n) is 8.28. The third kappa shape index (κ3) is 3.66. The van der Waals surface area contributed by atoms with Crippen molar-refractivity contribution in [1.29, 1.82) is 0 Å². The van der Waals surface area contributed by atoms with Crippen LogP contribution < -0.4 is 5.56 Å². The van der Waals surface area contributed by atoms with E-state index in [0.717, 1.165) is 53.2 Å².